The minimum Gasteiger partial charge on any atom is -0.462 e. The maximum absolute atomic E-state index is 11.6. The molecule has 2 heterocycles. The summed E-state index contributed by atoms with van der Waals surface area (Å²) in [6.45, 7) is 2.73. The molecular weight excluding hydrogens is 304 g/mol. The summed E-state index contributed by atoms with van der Waals surface area (Å²) in [6.07, 6.45) is 5.17. The Morgan fingerprint density at radius 3 is 2.79 bits per heavy atom. The van der Waals surface area contributed by atoms with E-state index in [0.29, 0.717) is 24.5 Å². The smallest absolute Gasteiger partial charge is 0.339 e. The standard InChI is InChI=1S/C18H18N4O2/c1-2-24-18(23)15-8-9-17(20-13-15)19-12-14-6-3-4-7-16(14)22-11-5-10-21-22/h3-11,13H,2,12H2,1H3,(H,19,20). The number of nitrogens with zero attached hydrogens (tertiary/aromatic N) is 3. The van der Waals surface area contributed by atoms with Crippen molar-refractivity contribution in [2.24, 2.45) is 0 Å². The van der Waals surface area contributed by atoms with Gasteiger partial charge in [-0.2, -0.15) is 5.10 Å². The van der Waals surface area contributed by atoms with Crippen molar-refractivity contribution in [3.05, 3.63) is 72.2 Å². The molecule has 1 N–H and O–H groups in total. The fourth-order valence-corrected chi connectivity index (χ4v) is 2.31. The Balaban J connectivity index is 1.69. The highest BCUT2D eigenvalue weighted by Gasteiger charge is 2.07. The van der Waals surface area contributed by atoms with Gasteiger partial charge in [-0.25, -0.2) is 14.5 Å². The highest BCUT2D eigenvalue weighted by molar-refractivity contribution is 5.89. The summed E-state index contributed by atoms with van der Waals surface area (Å²) in [7, 11) is 0. The minimum absolute atomic E-state index is 0.350. The van der Waals surface area contributed by atoms with Gasteiger partial charge < -0.3 is 10.1 Å². The van der Waals surface area contributed by atoms with Crippen LogP contribution in [-0.4, -0.2) is 27.3 Å². The predicted octanol–water partition coefficient (Wildman–Crippen LogP) is 3.06. The zero-order chi connectivity index (χ0) is 16.8. The molecule has 122 valence electrons. The van der Waals surface area contributed by atoms with Crippen LogP contribution in [0, 0.1) is 0 Å². The molecule has 0 spiro atoms. The topological polar surface area (TPSA) is 69.0 Å². The van der Waals surface area contributed by atoms with Gasteiger partial charge in [0.05, 0.1) is 17.9 Å². The Morgan fingerprint density at radius 2 is 2.08 bits per heavy atom. The number of hydrogen-bond donors (Lipinski definition) is 1. The van der Waals surface area contributed by atoms with Crippen molar-refractivity contribution in [3.63, 3.8) is 0 Å². The lowest BCUT2D eigenvalue weighted by Crippen LogP contribution is -2.08. The second kappa shape index (κ2) is 7.41. The van der Waals surface area contributed by atoms with Crippen LogP contribution in [0.2, 0.25) is 0 Å². The number of esters is 1. The first-order valence-electron chi connectivity index (χ1n) is 7.73. The third-order valence-corrected chi connectivity index (χ3v) is 3.48. The van der Waals surface area contributed by atoms with Gasteiger partial charge in [-0.15, -0.1) is 0 Å². The molecule has 0 amide bonds. The summed E-state index contributed by atoms with van der Waals surface area (Å²) < 4.78 is 6.77. The van der Waals surface area contributed by atoms with E-state index in [1.807, 2.05) is 41.2 Å². The fourth-order valence-electron chi connectivity index (χ4n) is 2.31. The first kappa shape index (κ1) is 15.7. The third-order valence-electron chi connectivity index (χ3n) is 3.48. The van der Waals surface area contributed by atoms with E-state index in [2.05, 4.69) is 15.4 Å². The highest BCUT2D eigenvalue weighted by Crippen LogP contribution is 2.15. The van der Waals surface area contributed by atoms with Crippen LogP contribution in [0.15, 0.2) is 61.1 Å². The molecule has 0 saturated heterocycles. The number of carbonyl (C=O) groups excluding carboxylic acids is 1. The van der Waals surface area contributed by atoms with E-state index in [-0.39, 0.29) is 5.97 Å². The summed E-state index contributed by atoms with van der Waals surface area (Å²) in [5.41, 5.74) is 2.55. The molecule has 0 atom stereocenters. The number of para-hydroxylation sites is 1. The van der Waals surface area contributed by atoms with Gasteiger partial charge in [0.25, 0.3) is 0 Å². The van der Waals surface area contributed by atoms with Gasteiger partial charge >= 0.3 is 5.97 Å². The number of carbonyl (C=O) groups is 1. The quantitative estimate of drug-likeness (QED) is 0.706. The molecule has 24 heavy (non-hydrogen) atoms. The average molecular weight is 322 g/mol. The van der Waals surface area contributed by atoms with E-state index in [1.165, 1.54) is 6.20 Å². The number of anilines is 1. The maximum atomic E-state index is 11.6. The van der Waals surface area contributed by atoms with Crippen LogP contribution in [0.5, 0.6) is 0 Å². The summed E-state index contributed by atoms with van der Waals surface area (Å²) >= 11 is 0. The molecule has 2 aromatic heterocycles. The van der Waals surface area contributed by atoms with Crippen LogP contribution >= 0.6 is 0 Å². The van der Waals surface area contributed by atoms with E-state index in [4.69, 9.17) is 4.74 Å². The van der Waals surface area contributed by atoms with E-state index in [1.54, 1.807) is 25.3 Å². The van der Waals surface area contributed by atoms with Crippen LogP contribution in [0.1, 0.15) is 22.8 Å². The van der Waals surface area contributed by atoms with Crippen LogP contribution in [0.25, 0.3) is 5.69 Å². The first-order chi connectivity index (χ1) is 11.8. The first-order valence-corrected chi connectivity index (χ1v) is 7.73. The van der Waals surface area contributed by atoms with Crippen molar-refractivity contribution in [2.45, 2.75) is 13.5 Å². The number of rotatable bonds is 6. The average Bonchev–Trinajstić information content (AvgIpc) is 3.15. The van der Waals surface area contributed by atoms with Gasteiger partial charge in [0.2, 0.25) is 0 Å². The van der Waals surface area contributed by atoms with Gasteiger partial charge in [-0.3, -0.25) is 0 Å². The molecule has 0 aliphatic rings. The molecule has 6 heteroatoms. The molecule has 0 saturated carbocycles. The zero-order valence-electron chi connectivity index (χ0n) is 13.3. The Hall–Kier alpha value is -3.15. The molecule has 0 unspecified atom stereocenters. The Bertz CT molecular complexity index is 798. The second-order valence-corrected chi connectivity index (χ2v) is 5.09. The number of hydrogen-bond acceptors (Lipinski definition) is 5. The molecule has 0 radical (unpaired) electrons. The lowest BCUT2D eigenvalue weighted by atomic mass is 10.2. The number of benzene rings is 1. The predicted molar refractivity (Wildman–Crippen MR) is 91.1 cm³/mol. The number of pyridine rings is 1. The molecule has 0 aliphatic heterocycles. The summed E-state index contributed by atoms with van der Waals surface area (Å²) in [5, 5.41) is 7.53. The van der Waals surface area contributed by atoms with Crippen LogP contribution in [0.4, 0.5) is 5.82 Å². The van der Waals surface area contributed by atoms with Gasteiger partial charge in [0, 0.05) is 25.1 Å². The van der Waals surface area contributed by atoms with Crippen molar-refractivity contribution < 1.29 is 9.53 Å². The highest BCUT2D eigenvalue weighted by atomic mass is 16.5. The number of nitrogens with one attached hydrogen (secondary N) is 1. The van der Waals surface area contributed by atoms with Gasteiger partial charge in [-0.05, 0) is 36.8 Å². The second-order valence-electron chi connectivity index (χ2n) is 5.09. The molecule has 0 bridgehead atoms. The molecule has 6 nitrogen and oxygen atoms in total. The van der Waals surface area contributed by atoms with Gasteiger partial charge in [0.15, 0.2) is 0 Å². The van der Waals surface area contributed by atoms with Crippen LogP contribution in [0.3, 0.4) is 0 Å². The van der Waals surface area contributed by atoms with E-state index < -0.39 is 0 Å². The Labute approximate surface area is 140 Å². The number of ether oxygens (including phenoxy) is 1. The van der Waals surface area contributed by atoms with Crippen molar-refractivity contribution >= 4 is 11.8 Å². The van der Waals surface area contributed by atoms with Gasteiger partial charge in [0.1, 0.15) is 5.82 Å². The minimum atomic E-state index is -0.361. The molecule has 3 rings (SSSR count). The lowest BCUT2D eigenvalue weighted by Gasteiger charge is -2.11. The normalized spacial score (nSPS) is 10.4. The molecule has 0 fully saturated rings. The summed E-state index contributed by atoms with van der Waals surface area (Å²) in [6, 6.07) is 13.4. The molecule has 1 aromatic carbocycles. The fraction of sp³-hybridized carbons (Fsp3) is 0.167. The maximum Gasteiger partial charge on any atom is 0.339 e. The molecular formula is C18H18N4O2. The van der Waals surface area contributed by atoms with Crippen molar-refractivity contribution in [1.29, 1.82) is 0 Å². The van der Waals surface area contributed by atoms with E-state index in [9.17, 15) is 4.79 Å². The third kappa shape index (κ3) is 3.60. The SMILES string of the molecule is CCOC(=O)c1ccc(NCc2ccccc2-n2cccn2)nc1. The largest absolute Gasteiger partial charge is 0.462 e. The molecule has 3 aromatic rings. The van der Waals surface area contributed by atoms with Gasteiger partial charge in [-0.1, -0.05) is 18.2 Å². The Kier molecular flexibility index (Phi) is 4.86. The van der Waals surface area contributed by atoms with Crippen molar-refractivity contribution in [1.82, 2.24) is 14.8 Å². The monoisotopic (exact) mass is 322 g/mol. The van der Waals surface area contributed by atoms with Crippen LogP contribution in [-0.2, 0) is 11.3 Å². The van der Waals surface area contributed by atoms with Crippen LogP contribution < -0.4 is 5.32 Å². The Morgan fingerprint density at radius 1 is 1.21 bits per heavy atom. The number of aromatic nitrogens is 3. The zero-order valence-corrected chi connectivity index (χ0v) is 13.3. The summed E-state index contributed by atoms with van der Waals surface area (Å²) in [5.74, 6) is 0.332. The molecule has 0 aliphatic carbocycles. The van der Waals surface area contributed by atoms with Crippen molar-refractivity contribution in [3.8, 4) is 5.69 Å². The van der Waals surface area contributed by atoms with E-state index >= 15 is 0 Å². The summed E-state index contributed by atoms with van der Waals surface area (Å²) in [4.78, 5) is 15.9. The van der Waals surface area contributed by atoms with E-state index in [0.717, 1.165) is 11.3 Å². The lowest BCUT2D eigenvalue weighted by molar-refractivity contribution is 0.0526. The van der Waals surface area contributed by atoms with Crippen molar-refractivity contribution in [2.75, 3.05) is 11.9 Å².